The predicted molar refractivity (Wildman–Crippen MR) is 53.0 cm³/mol. The third kappa shape index (κ3) is 3.37. The number of likely N-dealkylation sites (N-methyl/N-ethyl adjacent to an activating group) is 1. The largest absolute Gasteiger partial charge is 0.327 e. The molecule has 0 aromatic rings. The summed E-state index contributed by atoms with van der Waals surface area (Å²) in [6.07, 6.45) is 5.77. The van der Waals surface area contributed by atoms with E-state index in [0.717, 1.165) is 25.4 Å². The first-order valence-corrected chi connectivity index (χ1v) is 4.79. The van der Waals surface area contributed by atoms with Gasteiger partial charge < -0.3 is 10.6 Å². The Morgan fingerprint density at radius 2 is 2.33 bits per heavy atom. The molecular weight excluding hydrogens is 148 g/mol. The molecule has 1 rings (SSSR count). The van der Waals surface area contributed by atoms with Crippen LogP contribution < -0.4 is 5.73 Å². The Hall–Kier alpha value is -0.340. The summed E-state index contributed by atoms with van der Waals surface area (Å²) in [6.45, 7) is 5.77. The van der Waals surface area contributed by atoms with E-state index in [0.29, 0.717) is 6.04 Å². The van der Waals surface area contributed by atoms with Crippen molar-refractivity contribution < 1.29 is 0 Å². The van der Waals surface area contributed by atoms with E-state index in [1.165, 1.54) is 12.8 Å². The number of rotatable bonds is 6. The number of hydrogen-bond acceptors (Lipinski definition) is 2. The Labute approximate surface area is 75.4 Å². The van der Waals surface area contributed by atoms with Gasteiger partial charge in [-0.3, -0.25) is 0 Å². The molecule has 0 aromatic heterocycles. The molecule has 1 fully saturated rings. The van der Waals surface area contributed by atoms with E-state index in [-0.39, 0.29) is 0 Å². The molecule has 2 heteroatoms. The lowest BCUT2D eigenvalue weighted by Gasteiger charge is -2.17. The van der Waals surface area contributed by atoms with Crippen molar-refractivity contribution in [1.29, 1.82) is 0 Å². The number of nitrogens with zero attached hydrogens (tertiary/aromatic N) is 1. The van der Waals surface area contributed by atoms with Crippen molar-refractivity contribution in [2.45, 2.75) is 25.3 Å². The smallest absolute Gasteiger partial charge is 0.0157 e. The fourth-order valence-corrected chi connectivity index (χ4v) is 1.44. The molecule has 0 heterocycles. The summed E-state index contributed by atoms with van der Waals surface area (Å²) in [5.74, 6) is 0.835. The molecule has 1 aliphatic rings. The van der Waals surface area contributed by atoms with Gasteiger partial charge in [-0.25, -0.2) is 0 Å². The van der Waals surface area contributed by atoms with Crippen LogP contribution in [0.2, 0.25) is 0 Å². The standard InChI is InChI=1S/C10H20N2/c1-3-7-12(2)8-6-10(11)9-4-5-9/h3,9-10H,1,4-8,11H2,2H3. The van der Waals surface area contributed by atoms with E-state index in [1.807, 2.05) is 6.08 Å². The molecule has 0 spiro atoms. The van der Waals surface area contributed by atoms with Crippen LogP contribution in [-0.4, -0.2) is 31.1 Å². The predicted octanol–water partition coefficient (Wildman–Crippen LogP) is 1.23. The summed E-state index contributed by atoms with van der Waals surface area (Å²) in [6, 6.07) is 0.442. The number of hydrogen-bond donors (Lipinski definition) is 1. The van der Waals surface area contributed by atoms with Crippen LogP contribution >= 0.6 is 0 Å². The quantitative estimate of drug-likeness (QED) is 0.604. The lowest BCUT2D eigenvalue weighted by molar-refractivity contribution is 0.341. The molecule has 0 radical (unpaired) electrons. The van der Waals surface area contributed by atoms with Gasteiger partial charge in [0.05, 0.1) is 0 Å². The van der Waals surface area contributed by atoms with Crippen LogP contribution in [0.15, 0.2) is 12.7 Å². The molecule has 1 saturated carbocycles. The maximum absolute atomic E-state index is 5.97. The van der Waals surface area contributed by atoms with E-state index in [9.17, 15) is 0 Å². The van der Waals surface area contributed by atoms with Gasteiger partial charge in [0, 0.05) is 12.6 Å². The molecule has 0 aromatic carbocycles. The lowest BCUT2D eigenvalue weighted by Crippen LogP contribution is -2.29. The summed E-state index contributed by atoms with van der Waals surface area (Å²) < 4.78 is 0. The maximum Gasteiger partial charge on any atom is 0.0157 e. The van der Waals surface area contributed by atoms with Gasteiger partial charge in [-0.15, -0.1) is 6.58 Å². The third-order valence-corrected chi connectivity index (χ3v) is 2.51. The van der Waals surface area contributed by atoms with Crippen LogP contribution in [-0.2, 0) is 0 Å². The molecule has 1 aliphatic carbocycles. The summed E-state index contributed by atoms with van der Waals surface area (Å²) in [5, 5.41) is 0. The second-order valence-electron chi connectivity index (χ2n) is 3.84. The highest BCUT2D eigenvalue weighted by Gasteiger charge is 2.27. The zero-order valence-corrected chi connectivity index (χ0v) is 8.00. The van der Waals surface area contributed by atoms with Crippen molar-refractivity contribution in [3.05, 3.63) is 12.7 Å². The molecular formula is C10H20N2. The van der Waals surface area contributed by atoms with E-state index in [2.05, 4.69) is 18.5 Å². The minimum absolute atomic E-state index is 0.442. The SMILES string of the molecule is C=CCN(C)CCC(N)C1CC1. The van der Waals surface area contributed by atoms with E-state index < -0.39 is 0 Å². The second kappa shape index (κ2) is 4.63. The third-order valence-electron chi connectivity index (χ3n) is 2.51. The van der Waals surface area contributed by atoms with Crippen LogP contribution in [0.3, 0.4) is 0 Å². The molecule has 70 valence electrons. The van der Waals surface area contributed by atoms with Crippen molar-refractivity contribution in [3.8, 4) is 0 Å². The van der Waals surface area contributed by atoms with Gasteiger partial charge in [0.15, 0.2) is 0 Å². The minimum atomic E-state index is 0.442. The Morgan fingerprint density at radius 1 is 1.67 bits per heavy atom. The Balaban J connectivity index is 2.02. The molecule has 2 nitrogen and oxygen atoms in total. The van der Waals surface area contributed by atoms with Gasteiger partial charge in [-0.05, 0) is 38.8 Å². The van der Waals surface area contributed by atoms with Crippen LogP contribution in [0, 0.1) is 5.92 Å². The minimum Gasteiger partial charge on any atom is -0.327 e. The topological polar surface area (TPSA) is 29.3 Å². The first-order valence-electron chi connectivity index (χ1n) is 4.79. The summed E-state index contributed by atoms with van der Waals surface area (Å²) in [7, 11) is 2.11. The Bertz CT molecular complexity index is 141. The van der Waals surface area contributed by atoms with Crippen LogP contribution in [0.25, 0.3) is 0 Å². The van der Waals surface area contributed by atoms with Crippen molar-refractivity contribution >= 4 is 0 Å². The number of nitrogens with two attached hydrogens (primary N) is 1. The van der Waals surface area contributed by atoms with Gasteiger partial charge in [-0.2, -0.15) is 0 Å². The van der Waals surface area contributed by atoms with Gasteiger partial charge >= 0.3 is 0 Å². The molecule has 0 saturated heterocycles. The van der Waals surface area contributed by atoms with Gasteiger partial charge in [0.25, 0.3) is 0 Å². The molecule has 0 amide bonds. The normalized spacial score (nSPS) is 19.6. The van der Waals surface area contributed by atoms with Crippen molar-refractivity contribution in [3.63, 3.8) is 0 Å². The molecule has 1 atom stereocenters. The zero-order chi connectivity index (χ0) is 8.97. The van der Waals surface area contributed by atoms with E-state index in [1.54, 1.807) is 0 Å². The highest BCUT2D eigenvalue weighted by Crippen LogP contribution is 2.32. The van der Waals surface area contributed by atoms with Crippen molar-refractivity contribution in [1.82, 2.24) is 4.90 Å². The van der Waals surface area contributed by atoms with Gasteiger partial charge in [0.2, 0.25) is 0 Å². The molecule has 2 N–H and O–H groups in total. The van der Waals surface area contributed by atoms with E-state index in [4.69, 9.17) is 5.73 Å². The first kappa shape index (κ1) is 9.75. The van der Waals surface area contributed by atoms with Crippen LogP contribution in [0.4, 0.5) is 0 Å². The fourth-order valence-electron chi connectivity index (χ4n) is 1.44. The fraction of sp³-hybridized carbons (Fsp3) is 0.800. The van der Waals surface area contributed by atoms with Crippen LogP contribution in [0.5, 0.6) is 0 Å². The van der Waals surface area contributed by atoms with Crippen molar-refractivity contribution in [2.75, 3.05) is 20.1 Å². The first-order chi connectivity index (χ1) is 5.74. The molecule has 0 bridgehead atoms. The monoisotopic (exact) mass is 168 g/mol. The maximum atomic E-state index is 5.97. The van der Waals surface area contributed by atoms with Crippen molar-refractivity contribution in [2.24, 2.45) is 11.7 Å². The Kier molecular flexibility index (Phi) is 3.76. The zero-order valence-electron chi connectivity index (χ0n) is 8.00. The summed E-state index contributed by atoms with van der Waals surface area (Å²) >= 11 is 0. The molecule has 1 unspecified atom stereocenters. The average Bonchev–Trinajstić information content (AvgIpc) is 2.83. The highest BCUT2D eigenvalue weighted by molar-refractivity contribution is 4.84. The molecule has 0 aliphatic heterocycles. The van der Waals surface area contributed by atoms with Gasteiger partial charge in [0.1, 0.15) is 0 Å². The molecule has 12 heavy (non-hydrogen) atoms. The average molecular weight is 168 g/mol. The summed E-state index contributed by atoms with van der Waals surface area (Å²) in [5.41, 5.74) is 5.97. The van der Waals surface area contributed by atoms with Crippen LogP contribution in [0.1, 0.15) is 19.3 Å². The second-order valence-corrected chi connectivity index (χ2v) is 3.84. The Morgan fingerprint density at radius 3 is 2.83 bits per heavy atom. The van der Waals surface area contributed by atoms with Gasteiger partial charge in [-0.1, -0.05) is 6.08 Å². The lowest BCUT2D eigenvalue weighted by atomic mass is 10.1. The highest BCUT2D eigenvalue weighted by atomic mass is 15.1. The summed E-state index contributed by atoms with van der Waals surface area (Å²) in [4.78, 5) is 2.26. The van der Waals surface area contributed by atoms with E-state index >= 15 is 0 Å².